The normalized spacial score (nSPS) is 19.1. The number of carbonyl (C=O) groups excluding carboxylic acids is 1. The molecule has 0 radical (unpaired) electrons. The highest BCUT2D eigenvalue weighted by Gasteiger charge is 2.17. The number of hydrogen-bond acceptors (Lipinski definition) is 4. The fourth-order valence-corrected chi connectivity index (χ4v) is 3.47. The molecule has 1 aliphatic rings. The predicted octanol–water partition coefficient (Wildman–Crippen LogP) is 0.706. The van der Waals surface area contributed by atoms with Gasteiger partial charge in [0.2, 0.25) is 5.91 Å². The van der Waals surface area contributed by atoms with Crippen LogP contribution < -0.4 is 10.6 Å². The van der Waals surface area contributed by atoms with Crippen molar-refractivity contribution in [2.45, 2.75) is 45.6 Å². The quantitative estimate of drug-likeness (QED) is 0.724. The number of piperidine rings is 1. The lowest BCUT2D eigenvalue weighted by Gasteiger charge is -2.22. The Morgan fingerprint density at radius 3 is 2.58 bits per heavy atom. The van der Waals surface area contributed by atoms with Crippen molar-refractivity contribution in [2.24, 2.45) is 5.92 Å². The van der Waals surface area contributed by atoms with E-state index in [1.54, 1.807) is 13.8 Å². The van der Waals surface area contributed by atoms with Gasteiger partial charge in [-0.05, 0) is 45.2 Å². The second kappa shape index (κ2) is 7.85. The molecule has 6 heteroatoms. The van der Waals surface area contributed by atoms with Crippen LogP contribution in [-0.2, 0) is 14.6 Å². The Bertz CT molecular complexity index is 375. The maximum Gasteiger partial charge on any atom is 0.220 e. The van der Waals surface area contributed by atoms with E-state index in [4.69, 9.17) is 0 Å². The van der Waals surface area contributed by atoms with Crippen LogP contribution >= 0.6 is 0 Å². The molecule has 0 aliphatic carbocycles. The Morgan fingerprint density at radius 1 is 1.37 bits per heavy atom. The number of amides is 1. The topological polar surface area (TPSA) is 75.3 Å². The molecule has 1 amide bonds. The van der Waals surface area contributed by atoms with Gasteiger partial charge in [-0.1, -0.05) is 6.92 Å². The lowest BCUT2D eigenvalue weighted by molar-refractivity contribution is -0.121. The highest BCUT2D eigenvalue weighted by molar-refractivity contribution is 7.91. The molecule has 1 unspecified atom stereocenters. The summed E-state index contributed by atoms with van der Waals surface area (Å²) in [4.78, 5) is 11.7. The van der Waals surface area contributed by atoms with Gasteiger partial charge in [0.1, 0.15) is 0 Å². The minimum Gasteiger partial charge on any atom is -0.353 e. The highest BCUT2D eigenvalue weighted by Crippen LogP contribution is 2.17. The van der Waals surface area contributed by atoms with E-state index in [-0.39, 0.29) is 23.5 Å². The molecule has 0 aromatic heterocycles. The number of sulfone groups is 1. The van der Waals surface area contributed by atoms with E-state index in [9.17, 15) is 13.2 Å². The van der Waals surface area contributed by atoms with E-state index in [2.05, 4.69) is 10.6 Å². The summed E-state index contributed by atoms with van der Waals surface area (Å²) < 4.78 is 22.9. The molecule has 1 heterocycles. The van der Waals surface area contributed by atoms with Crippen molar-refractivity contribution in [1.82, 2.24) is 10.6 Å². The van der Waals surface area contributed by atoms with Gasteiger partial charge in [-0.2, -0.15) is 0 Å². The molecule has 1 fully saturated rings. The van der Waals surface area contributed by atoms with E-state index >= 15 is 0 Å². The third-order valence-electron chi connectivity index (χ3n) is 3.59. The van der Waals surface area contributed by atoms with Crippen LogP contribution in [0.3, 0.4) is 0 Å². The molecular formula is C13H26N2O3S. The molecule has 0 spiro atoms. The van der Waals surface area contributed by atoms with Crippen molar-refractivity contribution in [3.8, 4) is 0 Å². The van der Waals surface area contributed by atoms with Gasteiger partial charge in [-0.25, -0.2) is 8.42 Å². The third kappa shape index (κ3) is 6.92. The van der Waals surface area contributed by atoms with Crippen molar-refractivity contribution in [3.63, 3.8) is 0 Å². The van der Waals surface area contributed by atoms with Crippen LogP contribution in [0.4, 0.5) is 0 Å². The zero-order valence-corrected chi connectivity index (χ0v) is 12.8. The van der Waals surface area contributed by atoms with Gasteiger partial charge in [-0.3, -0.25) is 4.79 Å². The van der Waals surface area contributed by atoms with Gasteiger partial charge in [0.25, 0.3) is 0 Å². The first-order chi connectivity index (χ1) is 8.93. The highest BCUT2D eigenvalue weighted by atomic mass is 32.2. The summed E-state index contributed by atoms with van der Waals surface area (Å²) in [5.41, 5.74) is 0. The van der Waals surface area contributed by atoms with E-state index < -0.39 is 9.84 Å². The minimum absolute atomic E-state index is 0.0302. The Kier molecular flexibility index (Phi) is 6.79. The standard InChI is InChI=1S/C13H26N2O3S/c1-3-19(17,18)10-11(2)15-13(16)5-4-12-6-8-14-9-7-12/h11-12,14H,3-10H2,1-2H3,(H,15,16). The number of rotatable bonds is 7. The predicted molar refractivity (Wildman–Crippen MR) is 76.8 cm³/mol. The van der Waals surface area contributed by atoms with Gasteiger partial charge < -0.3 is 10.6 Å². The van der Waals surface area contributed by atoms with Crippen molar-refractivity contribution in [1.29, 1.82) is 0 Å². The fourth-order valence-electron chi connectivity index (χ4n) is 2.39. The molecule has 1 atom stereocenters. The van der Waals surface area contributed by atoms with Crippen LogP contribution in [0.25, 0.3) is 0 Å². The van der Waals surface area contributed by atoms with Gasteiger partial charge in [0, 0.05) is 18.2 Å². The summed E-state index contributed by atoms with van der Waals surface area (Å²) in [6.07, 6.45) is 3.67. The summed E-state index contributed by atoms with van der Waals surface area (Å²) in [6.45, 7) is 5.45. The summed E-state index contributed by atoms with van der Waals surface area (Å²) in [7, 11) is -3.02. The molecule has 0 aromatic rings. The first-order valence-electron chi connectivity index (χ1n) is 7.13. The maximum absolute atomic E-state index is 11.7. The van der Waals surface area contributed by atoms with Gasteiger partial charge >= 0.3 is 0 Å². The molecule has 19 heavy (non-hydrogen) atoms. The molecule has 1 aliphatic heterocycles. The second-order valence-electron chi connectivity index (χ2n) is 5.40. The van der Waals surface area contributed by atoms with E-state index in [0.29, 0.717) is 12.3 Å². The summed E-state index contributed by atoms with van der Waals surface area (Å²) in [5, 5.41) is 6.08. The van der Waals surface area contributed by atoms with Crippen LogP contribution in [0.2, 0.25) is 0 Å². The molecule has 1 rings (SSSR count). The maximum atomic E-state index is 11.7. The average molecular weight is 290 g/mol. The van der Waals surface area contributed by atoms with E-state index in [1.807, 2.05) is 0 Å². The first kappa shape index (κ1) is 16.4. The molecule has 0 aromatic carbocycles. The summed E-state index contributed by atoms with van der Waals surface area (Å²) in [6, 6.07) is -0.300. The fraction of sp³-hybridized carbons (Fsp3) is 0.923. The minimum atomic E-state index is -3.02. The third-order valence-corrected chi connectivity index (χ3v) is 5.48. The van der Waals surface area contributed by atoms with Crippen LogP contribution in [0.5, 0.6) is 0 Å². The van der Waals surface area contributed by atoms with Crippen molar-refractivity contribution in [2.75, 3.05) is 24.6 Å². The Labute approximate surface area is 116 Å². The van der Waals surface area contributed by atoms with Crippen LogP contribution in [-0.4, -0.2) is 45.0 Å². The van der Waals surface area contributed by atoms with Crippen molar-refractivity contribution in [3.05, 3.63) is 0 Å². The molecule has 2 N–H and O–H groups in total. The largest absolute Gasteiger partial charge is 0.353 e. The Morgan fingerprint density at radius 2 is 2.00 bits per heavy atom. The molecule has 1 saturated heterocycles. The zero-order valence-electron chi connectivity index (χ0n) is 11.9. The molecule has 5 nitrogen and oxygen atoms in total. The lowest BCUT2D eigenvalue weighted by atomic mass is 9.93. The molecule has 112 valence electrons. The number of nitrogens with one attached hydrogen (secondary N) is 2. The van der Waals surface area contributed by atoms with E-state index in [0.717, 1.165) is 32.4 Å². The van der Waals surface area contributed by atoms with Crippen LogP contribution in [0.1, 0.15) is 39.5 Å². The molecular weight excluding hydrogens is 264 g/mol. The van der Waals surface area contributed by atoms with E-state index in [1.165, 1.54) is 0 Å². The monoisotopic (exact) mass is 290 g/mol. The summed E-state index contributed by atoms with van der Waals surface area (Å²) >= 11 is 0. The first-order valence-corrected chi connectivity index (χ1v) is 8.95. The second-order valence-corrected chi connectivity index (χ2v) is 7.80. The summed E-state index contributed by atoms with van der Waals surface area (Å²) in [5.74, 6) is 0.754. The molecule has 0 saturated carbocycles. The van der Waals surface area contributed by atoms with Crippen molar-refractivity contribution < 1.29 is 13.2 Å². The lowest BCUT2D eigenvalue weighted by Crippen LogP contribution is -2.38. The number of carbonyl (C=O) groups is 1. The van der Waals surface area contributed by atoms with Crippen LogP contribution in [0.15, 0.2) is 0 Å². The number of hydrogen-bond donors (Lipinski definition) is 2. The van der Waals surface area contributed by atoms with Crippen molar-refractivity contribution >= 4 is 15.7 Å². The van der Waals surface area contributed by atoms with Crippen LogP contribution in [0, 0.1) is 5.92 Å². The average Bonchev–Trinajstić information content (AvgIpc) is 2.37. The Hall–Kier alpha value is -0.620. The van der Waals surface area contributed by atoms with Gasteiger partial charge in [0.15, 0.2) is 9.84 Å². The zero-order chi connectivity index (χ0) is 14.3. The van der Waals surface area contributed by atoms with Gasteiger partial charge in [0.05, 0.1) is 5.75 Å². The van der Waals surface area contributed by atoms with Gasteiger partial charge in [-0.15, -0.1) is 0 Å². The SMILES string of the molecule is CCS(=O)(=O)CC(C)NC(=O)CCC1CCNCC1. The smallest absolute Gasteiger partial charge is 0.220 e. The Balaban J connectivity index is 2.22. The molecule has 0 bridgehead atoms.